The van der Waals surface area contributed by atoms with Crippen molar-refractivity contribution < 1.29 is 4.79 Å². The van der Waals surface area contributed by atoms with Crippen LogP contribution in [0, 0.1) is 6.92 Å². The molecule has 2 N–H and O–H groups in total. The highest BCUT2D eigenvalue weighted by molar-refractivity contribution is 5.98. The number of fused-ring (bicyclic) bond motifs is 1. The topological polar surface area (TPSA) is 93.2 Å². The molecule has 3 heterocycles. The van der Waals surface area contributed by atoms with E-state index in [9.17, 15) is 4.79 Å². The summed E-state index contributed by atoms with van der Waals surface area (Å²) in [6.45, 7) is 10.9. The lowest BCUT2D eigenvalue weighted by molar-refractivity contribution is -0.127. The Hall–Kier alpha value is -3.26. The third-order valence-electron chi connectivity index (χ3n) is 6.05. The van der Waals surface area contributed by atoms with Gasteiger partial charge in [-0.15, -0.1) is 0 Å². The summed E-state index contributed by atoms with van der Waals surface area (Å²) in [5.74, 6) is 0.498. The van der Waals surface area contributed by atoms with Crippen LogP contribution in [-0.4, -0.2) is 68.2 Å². The number of unbranched alkanes of at least 4 members (excludes halogenated alkanes) is 2. The third kappa shape index (κ3) is 4.80. The molecule has 0 aliphatic carbocycles. The van der Waals surface area contributed by atoms with Crippen LogP contribution in [0.2, 0.25) is 0 Å². The number of carbonyl (C=O) groups is 1. The van der Waals surface area contributed by atoms with Gasteiger partial charge in [0.15, 0.2) is 5.65 Å². The molecule has 0 bridgehead atoms. The predicted octanol–water partition coefficient (Wildman–Crippen LogP) is 2.88. The number of piperazine rings is 1. The Bertz CT molecular complexity index is 1100. The SMILES string of the molecule is C=CC(=O)N1CCN(CCCCCn2nc(-c3cccc(C)c3)c3c(N)ncnc32)CC1. The second-order valence-electron chi connectivity index (χ2n) is 8.33. The summed E-state index contributed by atoms with van der Waals surface area (Å²) in [7, 11) is 0. The molecule has 0 saturated carbocycles. The minimum Gasteiger partial charge on any atom is -0.383 e. The van der Waals surface area contributed by atoms with Gasteiger partial charge in [0.1, 0.15) is 17.8 Å². The van der Waals surface area contributed by atoms with Crippen LogP contribution in [0.5, 0.6) is 0 Å². The van der Waals surface area contributed by atoms with Crippen molar-refractivity contribution in [1.29, 1.82) is 0 Å². The summed E-state index contributed by atoms with van der Waals surface area (Å²) in [6.07, 6.45) is 6.15. The number of hydrogen-bond donors (Lipinski definition) is 1. The Kier molecular flexibility index (Phi) is 6.80. The van der Waals surface area contributed by atoms with Crippen LogP contribution in [0.25, 0.3) is 22.3 Å². The molecule has 0 radical (unpaired) electrons. The van der Waals surface area contributed by atoms with E-state index in [1.165, 1.54) is 18.0 Å². The van der Waals surface area contributed by atoms with Crippen LogP contribution in [-0.2, 0) is 11.3 Å². The number of rotatable bonds is 8. The van der Waals surface area contributed by atoms with Crippen molar-refractivity contribution >= 4 is 22.8 Å². The molecule has 32 heavy (non-hydrogen) atoms. The zero-order valence-corrected chi connectivity index (χ0v) is 18.7. The lowest BCUT2D eigenvalue weighted by atomic mass is 10.1. The van der Waals surface area contributed by atoms with Gasteiger partial charge in [0.25, 0.3) is 0 Å². The fourth-order valence-electron chi connectivity index (χ4n) is 4.28. The highest BCUT2D eigenvalue weighted by Crippen LogP contribution is 2.30. The van der Waals surface area contributed by atoms with Gasteiger partial charge in [0.2, 0.25) is 5.91 Å². The molecule has 0 unspecified atom stereocenters. The monoisotopic (exact) mass is 433 g/mol. The average molecular weight is 434 g/mol. The van der Waals surface area contributed by atoms with Crippen LogP contribution in [0.4, 0.5) is 5.82 Å². The molecule has 1 saturated heterocycles. The van der Waals surface area contributed by atoms with Gasteiger partial charge in [-0.05, 0) is 38.5 Å². The van der Waals surface area contributed by atoms with Crippen LogP contribution >= 0.6 is 0 Å². The molecule has 8 nitrogen and oxygen atoms in total. The molecule has 1 aliphatic rings. The predicted molar refractivity (Wildman–Crippen MR) is 127 cm³/mol. The molecule has 168 valence electrons. The highest BCUT2D eigenvalue weighted by atomic mass is 16.2. The number of anilines is 1. The van der Waals surface area contributed by atoms with Crippen molar-refractivity contribution in [2.75, 3.05) is 38.5 Å². The van der Waals surface area contributed by atoms with Gasteiger partial charge in [0, 0.05) is 38.3 Å². The van der Waals surface area contributed by atoms with Gasteiger partial charge < -0.3 is 10.6 Å². The number of hydrogen-bond acceptors (Lipinski definition) is 6. The standard InChI is InChI=1S/C24H31N7O/c1-3-20(32)30-14-12-29(13-15-30)10-5-4-6-11-31-24-21(23(25)26-17-27-24)22(28-31)19-9-7-8-18(2)16-19/h3,7-9,16-17H,1,4-6,10-15H2,2H3,(H2,25,26,27). The van der Waals surface area contributed by atoms with E-state index in [0.29, 0.717) is 5.82 Å². The minimum atomic E-state index is 0.0329. The van der Waals surface area contributed by atoms with Crippen molar-refractivity contribution in [2.45, 2.75) is 32.7 Å². The molecule has 1 fully saturated rings. The quantitative estimate of drug-likeness (QED) is 0.434. The summed E-state index contributed by atoms with van der Waals surface area (Å²) in [5, 5.41) is 5.68. The first kappa shape index (κ1) is 22.0. The summed E-state index contributed by atoms with van der Waals surface area (Å²) in [4.78, 5) is 24.7. The first-order valence-electron chi connectivity index (χ1n) is 11.2. The largest absolute Gasteiger partial charge is 0.383 e. The van der Waals surface area contributed by atoms with Crippen LogP contribution < -0.4 is 5.73 Å². The number of nitrogens with zero attached hydrogens (tertiary/aromatic N) is 6. The number of nitrogen functional groups attached to an aromatic ring is 1. The number of benzene rings is 1. The third-order valence-corrected chi connectivity index (χ3v) is 6.05. The molecular formula is C24H31N7O. The van der Waals surface area contributed by atoms with E-state index in [1.54, 1.807) is 0 Å². The Morgan fingerprint density at radius 2 is 1.91 bits per heavy atom. The van der Waals surface area contributed by atoms with Crippen molar-refractivity contribution in [1.82, 2.24) is 29.5 Å². The Balaban J connectivity index is 1.34. The van der Waals surface area contributed by atoms with Crippen LogP contribution in [0.1, 0.15) is 24.8 Å². The smallest absolute Gasteiger partial charge is 0.246 e. The average Bonchev–Trinajstić information content (AvgIpc) is 3.19. The van der Waals surface area contributed by atoms with E-state index >= 15 is 0 Å². The van der Waals surface area contributed by atoms with E-state index in [1.807, 2.05) is 21.7 Å². The van der Waals surface area contributed by atoms with E-state index in [4.69, 9.17) is 10.8 Å². The fourth-order valence-corrected chi connectivity index (χ4v) is 4.28. The van der Waals surface area contributed by atoms with Gasteiger partial charge >= 0.3 is 0 Å². The van der Waals surface area contributed by atoms with Crippen molar-refractivity contribution in [2.24, 2.45) is 0 Å². The Morgan fingerprint density at radius 1 is 1.12 bits per heavy atom. The molecule has 2 aromatic heterocycles. The normalized spacial score (nSPS) is 14.7. The maximum absolute atomic E-state index is 11.7. The van der Waals surface area contributed by atoms with Gasteiger partial charge in [0.05, 0.1) is 5.39 Å². The van der Waals surface area contributed by atoms with Crippen molar-refractivity contribution in [3.8, 4) is 11.3 Å². The second kappa shape index (κ2) is 9.91. The van der Waals surface area contributed by atoms with Crippen LogP contribution in [0.15, 0.2) is 43.2 Å². The first-order valence-corrected chi connectivity index (χ1v) is 11.2. The number of aryl methyl sites for hydroxylation is 2. The summed E-state index contributed by atoms with van der Waals surface area (Å²) in [5.41, 5.74) is 10.0. The molecule has 1 aliphatic heterocycles. The lowest BCUT2D eigenvalue weighted by Gasteiger charge is -2.34. The second-order valence-corrected chi connectivity index (χ2v) is 8.33. The zero-order valence-electron chi connectivity index (χ0n) is 18.7. The molecular weight excluding hydrogens is 402 g/mol. The Labute approximate surface area is 188 Å². The van der Waals surface area contributed by atoms with E-state index in [-0.39, 0.29) is 5.91 Å². The first-order chi connectivity index (χ1) is 15.6. The summed E-state index contributed by atoms with van der Waals surface area (Å²) in [6, 6.07) is 8.26. The van der Waals surface area contributed by atoms with Gasteiger partial charge in [-0.25, -0.2) is 14.6 Å². The van der Waals surface area contributed by atoms with Gasteiger partial charge in [-0.3, -0.25) is 9.69 Å². The zero-order chi connectivity index (χ0) is 22.5. The van der Waals surface area contributed by atoms with Gasteiger partial charge in [-0.1, -0.05) is 36.8 Å². The maximum Gasteiger partial charge on any atom is 0.246 e. The molecule has 0 spiro atoms. The minimum absolute atomic E-state index is 0.0329. The van der Waals surface area contributed by atoms with E-state index in [2.05, 4.69) is 40.5 Å². The lowest BCUT2D eigenvalue weighted by Crippen LogP contribution is -2.48. The Morgan fingerprint density at radius 3 is 2.66 bits per heavy atom. The number of carbonyl (C=O) groups excluding carboxylic acids is 1. The van der Waals surface area contributed by atoms with Crippen LogP contribution in [0.3, 0.4) is 0 Å². The molecule has 8 heteroatoms. The van der Waals surface area contributed by atoms with Crippen molar-refractivity contribution in [3.63, 3.8) is 0 Å². The number of nitrogens with two attached hydrogens (primary N) is 1. The van der Waals surface area contributed by atoms with Crippen molar-refractivity contribution in [3.05, 3.63) is 48.8 Å². The molecule has 3 aromatic rings. The summed E-state index contributed by atoms with van der Waals surface area (Å²) < 4.78 is 1.96. The molecule has 4 rings (SSSR count). The summed E-state index contributed by atoms with van der Waals surface area (Å²) >= 11 is 0. The van der Waals surface area contributed by atoms with E-state index in [0.717, 1.165) is 80.8 Å². The molecule has 1 aromatic carbocycles. The molecule has 0 atom stereocenters. The number of amides is 1. The van der Waals surface area contributed by atoms with Gasteiger partial charge in [-0.2, -0.15) is 5.10 Å². The fraction of sp³-hybridized carbons (Fsp3) is 0.417. The number of aromatic nitrogens is 4. The maximum atomic E-state index is 11.7. The molecule has 1 amide bonds. The van der Waals surface area contributed by atoms with E-state index < -0.39 is 0 Å². The highest BCUT2D eigenvalue weighted by Gasteiger charge is 2.19.